The van der Waals surface area contributed by atoms with E-state index in [9.17, 15) is 14.4 Å². The van der Waals surface area contributed by atoms with Gasteiger partial charge in [0.05, 0.1) is 17.2 Å². The number of nitrogens with one attached hydrogen (secondary N) is 1. The summed E-state index contributed by atoms with van der Waals surface area (Å²) >= 11 is 0. The summed E-state index contributed by atoms with van der Waals surface area (Å²) in [5.41, 5.74) is 2.22. The maximum Gasteiger partial charge on any atom is 0.326 e. The Morgan fingerprint density at radius 3 is 2.39 bits per heavy atom. The number of carbonyl (C=O) groups is 2. The topological polar surface area (TPSA) is 90.3 Å². The lowest BCUT2D eigenvalue weighted by molar-refractivity contribution is -0.145. The van der Waals surface area contributed by atoms with Crippen molar-refractivity contribution < 1.29 is 14.3 Å². The minimum Gasteiger partial charge on any atom is -0.459 e. The number of anilines is 1. The highest BCUT2D eigenvalue weighted by Gasteiger charge is 2.10. The lowest BCUT2D eigenvalue weighted by Gasteiger charge is -2.09. The third kappa shape index (κ3) is 4.84. The molecule has 0 saturated heterocycles. The monoisotopic (exact) mass is 413 g/mol. The van der Waals surface area contributed by atoms with E-state index in [0.29, 0.717) is 22.2 Å². The van der Waals surface area contributed by atoms with E-state index in [4.69, 9.17) is 4.74 Å². The van der Waals surface area contributed by atoms with Crippen molar-refractivity contribution >= 4 is 28.5 Å². The molecule has 3 aromatic carbocycles. The summed E-state index contributed by atoms with van der Waals surface area (Å²) in [6.45, 7) is -0.191. The first-order valence-electron chi connectivity index (χ1n) is 9.65. The number of para-hydroxylation sites is 2. The van der Waals surface area contributed by atoms with Gasteiger partial charge in [0.1, 0.15) is 13.2 Å². The number of amides is 1. The summed E-state index contributed by atoms with van der Waals surface area (Å²) < 4.78 is 6.49. The number of carbonyl (C=O) groups excluding carboxylic acids is 2. The van der Waals surface area contributed by atoms with Crippen molar-refractivity contribution in [2.75, 3.05) is 5.32 Å². The van der Waals surface area contributed by atoms with Crippen molar-refractivity contribution in [1.82, 2.24) is 9.55 Å². The molecule has 0 spiro atoms. The highest BCUT2D eigenvalue weighted by Crippen LogP contribution is 2.11. The van der Waals surface area contributed by atoms with Crippen molar-refractivity contribution in [2.24, 2.45) is 0 Å². The van der Waals surface area contributed by atoms with Crippen LogP contribution in [0.4, 0.5) is 5.69 Å². The summed E-state index contributed by atoms with van der Waals surface area (Å²) in [7, 11) is 0. The Kier molecular flexibility index (Phi) is 5.84. The number of nitrogens with zero attached hydrogens (tertiary/aromatic N) is 2. The lowest BCUT2D eigenvalue weighted by atomic mass is 10.1. The largest absolute Gasteiger partial charge is 0.459 e. The molecule has 0 atom stereocenters. The van der Waals surface area contributed by atoms with Crippen LogP contribution in [-0.2, 0) is 22.7 Å². The second-order valence-electron chi connectivity index (χ2n) is 6.87. The zero-order valence-electron chi connectivity index (χ0n) is 16.5. The quantitative estimate of drug-likeness (QED) is 0.490. The molecule has 4 aromatic rings. The number of aromatic nitrogens is 2. The molecule has 1 heterocycles. The number of benzene rings is 3. The molecule has 0 unspecified atom stereocenters. The van der Waals surface area contributed by atoms with Crippen molar-refractivity contribution in [1.29, 1.82) is 0 Å². The van der Waals surface area contributed by atoms with E-state index in [1.165, 1.54) is 10.9 Å². The molecule has 0 aliphatic rings. The van der Waals surface area contributed by atoms with Gasteiger partial charge in [-0.25, -0.2) is 4.98 Å². The maximum atomic E-state index is 12.4. The second kappa shape index (κ2) is 9.04. The van der Waals surface area contributed by atoms with Crippen LogP contribution in [-0.4, -0.2) is 21.4 Å². The van der Waals surface area contributed by atoms with E-state index in [0.717, 1.165) is 5.56 Å². The van der Waals surface area contributed by atoms with Crippen LogP contribution in [0.25, 0.3) is 10.9 Å². The van der Waals surface area contributed by atoms with Crippen LogP contribution in [0.5, 0.6) is 0 Å². The molecular weight excluding hydrogens is 394 g/mol. The van der Waals surface area contributed by atoms with Crippen molar-refractivity contribution in [2.45, 2.75) is 13.2 Å². The molecule has 0 aliphatic heterocycles. The predicted octanol–water partition coefficient (Wildman–Crippen LogP) is 3.39. The van der Waals surface area contributed by atoms with Gasteiger partial charge in [0.15, 0.2) is 0 Å². The summed E-state index contributed by atoms with van der Waals surface area (Å²) in [5.74, 6) is -0.775. The molecule has 0 aliphatic carbocycles. The predicted molar refractivity (Wildman–Crippen MR) is 117 cm³/mol. The Balaban J connectivity index is 1.34. The third-order valence-corrected chi connectivity index (χ3v) is 4.68. The molecule has 7 nitrogen and oxygen atoms in total. The molecule has 0 fully saturated rings. The summed E-state index contributed by atoms with van der Waals surface area (Å²) in [5, 5.41) is 3.26. The van der Waals surface area contributed by atoms with E-state index < -0.39 is 5.97 Å². The Bertz CT molecular complexity index is 1280. The molecule has 1 aromatic heterocycles. The van der Waals surface area contributed by atoms with Crippen LogP contribution in [0.1, 0.15) is 15.9 Å². The zero-order valence-corrected chi connectivity index (χ0v) is 16.5. The molecule has 0 saturated carbocycles. The molecule has 1 N–H and O–H groups in total. The number of fused-ring (bicyclic) bond motifs is 1. The van der Waals surface area contributed by atoms with E-state index >= 15 is 0 Å². The fourth-order valence-corrected chi connectivity index (χ4v) is 3.04. The average molecular weight is 413 g/mol. The molecular formula is C24H19N3O4. The average Bonchev–Trinajstić information content (AvgIpc) is 2.81. The van der Waals surface area contributed by atoms with Crippen LogP contribution >= 0.6 is 0 Å². The molecule has 31 heavy (non-hydrogen) atoms. The van der Waals surface area contributed by atoms with Gasteiger partial charge in [-0.15, -0.1) is 0 Å². The Hall–Kier alpha value is -4.26. The van der Waals surface area contributed by atoms with Gasteiger partial charge in [-0.05, 0) is 42.0 Å². The number of esters is 1. The molecule has 0 radical (unpaired) electrons. The van der Waals surface area contributed by atoms with Crippen LogP contribution in [0.3, 0.4) is 0 Å². The smallest absolute Gasteiger partial charge is 0.326 e. The van der Waals surface area contributed by atoms with Crippen LogP contribution in [0, 0.1) is 0 Å². The minimum absolute atomic E-state index is 0.0369. The highest BCUT2D eigenvalue weighted by molar-refractivity contribution is 6.04. The molecule has 1 amide bonds. The fraction of sp³-hybridized carbons (Fsp3) is 0.0833. The maximum absolute atomic E-state index is 12.4. The van der Waals surface area contributed by atoms with Gasteiger partial charge >= 0.3 is 5.97 Å². The van der Waals surface area contributed by atoms with Crippen molar-refractivity contribution in [3.63, 3.8) is 0 Å². The van der Waals surface area contributed by atoms with E-state index in [1.54, 1.807) is 48.5 Å². The SMILES string of the molecule is O=C(Cn1cnc2ccccc2c1=O)OCc1ccc(C(=O)Nc2ccccc2)cc1. The Labute approximate surface area is 177 Å². The highest BCUT2D eigenvalue weighted by atomic mass is 16.5. The van der Waals surface area contributed by atoms with Gasteiger partial charge in [0.2, 0.25) is 0 Å². The van der Waals surface area contributed by atoms with E-state index in [-0.39, 0.29) is 24.6 Å². The minimum atomic E-state index is -0.551. The van der Waals surface area contributed by atoms with Gasteiger partial charge in [-0.3, -0.25) is 19.0 Å². The Morgan fingerprint density at radius 1 is 0.903 bits per heavy atom. The first kappa shape index (κ1) is 20.0. The normalized spacial score (nSPS) is 10.6. The first-order valence-corrected chi connectivity index (χ1v) is 9.65. The first-order chi connectivity index (χ1) is 15.1. The Morgan fingerprint density at radius 2 is 1.61 bits per heavy atom. The lowest BCUT2D eigenvalue weighted by Crippen LogP contribution is -2.25. The third-order valence-electron chi connectivity index (χ3n) is 4.68. The van der Waals surface area contributed by atoms with Gasteiger partial charge in [-0.2, -0.15) is 0 Å². The van der Waals surface area contributed by atoms with E-state index in [1.807, 2.05) is 30.3 Å². The van der Waals surface area contributed by atoms with Crippen LogP contribution < -0.4 is 10.9 Å². The van der Waals surface area contributed by atoms with Gasteiger partial charge in [-0.1, -0.05) is 42.5 Å². The van der Waals surface area contributed by atoms with Gasteiger partial charge in [0, 0.05) is 11.3 Å². The zero-order chi connectivity index (χ0) is 21.6. The van der Waals surface area contributed by atoms with Crippen molar-refractivity contribution in [3.05, 3.63) is 107 Å². The van der Waals surface area contributed by atoms with E-state index in [2.05, 4.69) is 10.3 Å². The summed E-state index contributed by atoms with van der Waals surface area (Å²) in [6, 6.07) is 22.9. The molecule has 0 bridgehead atoms. The van der Waals surface area contributed by atoms with Crippen LogP contribution in [0.2, 0.25) is 0 Å². The second-order valence-corrected chi connectivity index (χ2v) is 6.87. The standard InChI is InChI=1S/C24H19N3O4/c28-22(14-27-16-25-21-9-5-4-8-20(21)24(27)30)31-15-17-10-12-18(13-11-17)23(29)26-19-6-2-1-3-7-19/h1-13,16H,14-15H2,(H,26,29). The summed E-state index contributed by atoms with van der Waals surface area (Å²) in [4.78, 5) is 41.1. The van der Waals surface area contributed by atoms with Gasteiger partial charge in [0.25, 0.3) is 11.5 Å². The fourth-order valence-electron chi connectivity index (χ4n) is 3.04. The number of ether oxygens (including phenoxy) is 1. The molecule has 154 valence electrons. The molecule has 7 heteroatoms. The molecule has 4 rings (SSSR count). The number of hydrogen-bond donors (Lipinski definition) is 1. The van der Waals surface area contributed by atoms with Crippen LogP contribution in [0.15, 0.2) is 90.0 Å². The van der Waals surface area contributed by atoms with Gasteiger partial charge < -0.3 is 10.1 Å². The number of rotatable bonds is 6. The summed E-state index contributed by atoms with van der Waals surface area (Å²) in [6.07, 6.45) is 1.34. The number of hydrogen-bond acceptors (Lipinski definition) is 5. The van der Waals surface area contributed by atoms with Crippen molar-refractivity contribution in [3.8, 4) is 0 Å².